The number of amides is 1. The van der Waals surface area contributed by atoms with Gasteiger partial charge in [-0.1, -0.05) is 15.9 Å². The second-order valence-corrected chi connectivity index (χ2v) is 6.58. The molecular formula is C14H15BrClN3O3. The van der Waals surface area contributed by atoms with E-state index in [1.807, 2.05) is 12.1 Å². The minimum atomic E-state index is -0.737. The molecule has 2 aromatic rings. The van der Waals surface area contributed by atoms with Gasteiger partial charge in [-0.3, -0.25) is 14.7 Å². The predicted octanol–water partition coefficient (Wildman–Crippen LogP) is 2.62. The SMILES string of the molecule is CC(C)(COC(=O)CCl)NC(=O)c1n[nH]c2cc(Br)ccc12. The molecular weight excluding hydrogens is 374 g/mol. The van der Waals surface area contributed by atoms with E-state index in [9.17, 15) is 9.59 Å². The maximum atomic E-state index is 12.4. The van der Waals surface area contributed by atoms with Crippen molar-refractivity contribution in [3.8, 4) is 0 Å². The molecule has 0 aliphatic heterocycles. The van der Waals surface area contributed by atoms with Crippen LogP contribution in [0.4, 0.5) is 0 Å². The van der Waals surface area contributed by atoms with Gasteiger partial charge in [-0.2, -0.15) is 5.10 Å². The summed E-state index contributed by atoms with van der Waals surface area (Å²) >= 11 is 8.73. The third kappa shape index (κ3) is 3.98. The number of esters is 1. The lowest BCUT2D eigenvalue weighted by molar-refractivity contribution is -0.142. The van der Waals surface area contributed by atoms with Crippen molar-refractivity contribution in [2.75, 3.05) is 12.5 Å². The largest absolute Gasteiger partial charge is 0.462 e. The summed E-state index contributed by atoms with van der Waals surface area (Å²) in [5, 5.41) is 10.4. The van der Waals surface area contributed by atoms with Gasteiger partial charge in [0.15, 0.2) is 5.69 Å². The number of fused-ring (bicyclic) bond motifs is 1. The molecule has 1 heterocycles. The first-order chi connectivity index (χ1) is 10.3. The molecule has 8 heteroatoms. The molecule has 22 heavy (non-hydrogen) atoms. The van der Waals surface area contributed by atoms with Crippen LogP contribution in [-0.4, -0.2) is 40.1 Å². The van der Waals surface area contributed by atoms with Crippen LogP contribution >= 0.6 is 27.5 Å². The fraction of sp³-hybridized carbons (Fsp3) is 0.357. The lowest BCUT2D eigenvalue weighted by Crippen LogP contribution is -2.47. The molecule has 0 aliphatic carbocycles. The first-order valence-corrected chi connectivity index (χ1v) is 7.83. The molecule has 0 unspecified atom stereocenters. The first kappa shape index (κ1) is 16.8. The number of ether oxygens (including phenoxy) is 1. The van der Waals surface area contributed by atoms with Crippen LogP contribution in [-0.2, 0) is 9.53 Å². The van der Waals surface area contributed by atoms with Crippen LogP contribution in [0.3, 0.4) is 0 Å². The Bertz CT molecular complexity index is 714. The number of carbonyl (C=O) groups excluding carboxylic acids is 2. The average molecular weight is 389 g/mol. The van der Waals surface area contributed by atoms with E-state index in [0.717, 1.165) is 9.99 Å². The number of benzene rings is 1. The number of halogens is 2. The maximum absolute atomic E-state index is 12.4. The lowest BCUT2D eigenvalue weighted by atomic mass is 10.1. The molecule has 6 nitrogen and oxygen atoms in total. The van der Waals surface area contributed by atoms with Gasteiger partial charge in [0.05, 0.1) is 11.1 Å². The Hall–Kier alpha value is -1.60. The highest BCUT2D eigenvalue weighted by Crippen LogP contribution is 2.21. The van der Waals surface area contributed by atoms with E-state index in [1.165, 1.54) is 0 Å². The number of aromatic amines is 1. The zero-order valence-electron chi connectivity index (χ0n) is 12.1. The number of hydrogen-bond donors (Lipinski definition) is 2. The molecule has 0 saturated heterocycles. The average Bonchev–Trinajstić information content (AvgIpc) is 2.87. The highest BCUT2D eigenvalue weighted by atomic mass is 79.9. The summed E-state index contributed by atoms with van der Waals surface area (Å²) in [4.78, 5) is 23.5. The number of H-pyrrole nitrogens is 1. The van der Waals surface area contributed by atoms with Crippen LogP contribution in [0.5, 0.6) is 0 Å². The number of nitrogens with zero attached hydrogens (tertiary/aromatic N) is 1. The van der Waals surface area contributed by atoms with E-state index in [1.54, 1.807) is 19.9 Å². The molecule has 1 aromatic heterocycles. The summed E-state index contributed by atoms with van der Waals surface area (Å²) in [6.07, 6.45) is 0. The predicted molar refractivity (Wildman–Crippen MR) is 87.0 cm³/mol. The van der Waals surface area contributed by atoms with Gasteiger partial charge in [0.2, 0.25) is 0 Å². The summed E-state index contributed by atoms with van der Waals surface area (Å²) in [5.74, 6) is -1.09. The topological polar surface area (TPSA) is 84.1 Å². The van der Waals surface area contributed by atoms with E-state index in [0.29, 0.717) is 11.1 Å². The third-order valence-corrected chi connectivity index (χ3v) is 3.61. The second-order valence-electron chi connectivity index (χ2n) is 5.39. The van der Waals surface area contributed by atoms with Crippen LogP contribution in [0.1, 0.15) is 24.3 Å². The minimum Gasteiger partial charge on any atom is -0.462 e. The molecule has 1 amide bonds. The van der Waals surface area contributed by atoms with Crippen molar-refractivity contribution in [2.24, 2.45) is 0 Å². The lowest BCUT2D eigenvalue weighted by Gasteiger charge is -2.25. The zero-order valence-corrected chi connectivity index (χ0v) is 14.4. The van der Waals surface area contributed by atoms with E-state index in [-0.39, 0.29) is 18.4 Å². The van der Waals surface area contributed by atoms with Crippen molar-refractivity contribution in [1.29, 1.82) is 0 Å². The van der Waals surface area contributed by atoms with E-state index >= 15 is 0 Å². The Morgan fingerprint density at radius 2 is 2.18 bits per heavy atom. The molecule has 118 valence electrons. The van der Waals surface area contributed by atoms with Crippen molar-refractivity contribution in [2.45, 2.75) is 19.4 Å². The molecule has 1 aromatic carbocycles. The molecule has 0 spiro atoms. The first-order valence-electron chi connectivity index (χ1n) is 6.50. The molecule has 0 bridgehead atoms. The van der Waals surface area contributed by atoms with Crippen molar-refractivity contribution < 1.29 is 14.3 Å². The molecule has 0 radical (unpaired) electrons. The van der Waals surface area contributed by atoms with Gasteiger partial charge in [0.1, 0.15) is 12.5 Å². The number of rotatable bonds is 5. The van der Waals surface area contributed by atoms with Gasteiger partial charge in [0, 0.05) is 9.86 Å². The van der Waals surface area contributed by atoms with E-state index < -0.39 is 11.5 Å². The fourth-order valence-corrected chi connectivity index (χ4v) is 2.31. The van der Waals surface area contributed by atoms with Crippen LogP contribution in [0, 0.1) is 0 Å². The number of carbonyl (C=O) groups is 2. The molecule has 0 saturated carbocycles. The number of alkyl halides is 1. The van der Waals surface area contributed by atoms with Crippen molar-refractivity contribution in [1.82, 2.24) is 15.5 Å². The second kappa shape index (κ2) is 6.66. The van der Waals surface area contributed by atoms with Gasteiger partial charge >= 0.3 is 5.97 Å². The Morgan fingerprint density at radius 3 is 2.86 bits per heavy atom. The van der Waals surface area contributed by atoms with Crippen LogP contribution < -0.4 is 5.32 Å². The van der Waals surface area contributed by atoms with Gasteiger partial charge in [-0.15, -0.1) is 11.6 Å². The minimum absolute atomic E-state index is 0.0260. The van der Waals surface area contributed by atoms with Gasteiger partial charge < -0.3 is 10.1 Å². The number of nitrogens with one attached hydrogen (secondary N) is 2. The molecule has 2 N–H and O–H groups in total. The summed E-state index contributed by atoms with van der Waals surface area (Å²) in [6, 6.07) is 5.48. The Kier molecular flexibility index (Phi) is 5.08. The maximum Gasteiger partial charge on any atom is 0.320 e. The Balaban J connectivity index is 2.11. The summed E-state index contributed by atoms with van der Waals surface area (Å²) < 4.78 is 5.85. The Labute approximate surface area is 140 Å². The van der Waals surface area contributed by atoms with E-state index in [4.69, 9.17) is 16.3 Å². The van der Waals surface area contributed by atoms with Crippen molar-refractivity contribution in [3.63, 3.8) is 0 Å². The van der Waals surface area contributed by atoms with E-state index in [2.05, 4.69) is 31.4 Å². The van der Waals surface area contributed by atoms with Gasteiger partial charge in [0.25, 0.3) is 5.91 Å². The third-order valence-electron chi connectivity index (χ3n) is 2.89. The van der Waals surface area contributed by atoms with Gasteiger partial charge in [-0.25, -0.2) is 0 Å². The quantitative estimate of drug-likeness (QED) is 0.609. The number of hydrogen-bond acceptors (Lipinski definition) is 4. The molecule has 0 atom stereocenters. The van der Waals surface area contributed by atoms with Crippen LogP contribution in [0.15, 0.2) is 22.7 Å². The smallest absolute Gasteiger partial charge is 0.320 e. The van der Waals surface area contributed by atoms with Crippen LogP contribution in [0.25, 0.3) is 10.9 Å². The summed E-state index contributed by atoms with van der Waals surface area (Å²) in [5.41, 5.74) is 0.310. The monoisotopic (exact) mass is 387 g/mol. The fourth-order valence-electron chi connectivity index (χ4n) is 1.87. The van der Waals surface area contributed by atoms with Crippen LogP contribution in [0.2, 0.25) is 0 Å². The summed E-state index contributed by atoms with van der Waals surface area (Å²) in [7, 11) is 0. The molecule has 0 aliphatic rings. The number of aromatic nitrogens is 2. The standard InChI is InChI=1S/C14H15BrClN3O3/c1-14(2,7-22-11(20)6-16)17-13(21)12-9-4-3-8(15)5-10(9)18-19-12/h3-5H,6-7H2,1-2H3,(H,17,21)(H,18,19). The Morgan fingerprint density at radius 1 is 1.45 bits per heavy atom. The highest BCUT2D eigenvalue weighted by molar-refractivity contribution is 9.10. The van der Waals surface area contributed by atoms with Gasteiger partial charge in [-0.05, 0) is 32.0 Å². The van der Waals surface area contributed by atoms with Crippen molar-refractivity contribution >= 4 is 50.3 Å². The summed E-state index contributed by atoms with van der Waals surface area (Å²) in [6.45, 7) is 3.52. The highest BCUT2D eigenvalue weighted by Gasteiger charge is 2.25. The normalized spacial score (nSPS) is 11.5. The molecule has 0 fully saturated rings. The van der Waals surface area contributed by atoms with Crippen molar-refractivity contribution in [3.05, 3.63) is 28.4 Å². The molecule has 2 rings (SSSR count). The zero-order chi connectivity index (χ0) is 16.3.